The first kappa shape index (κ1) is 11.7. The maximum absolute atomic E-state index is 8.93. The summed E-state index contributed by atoms with van der Waals surface area (Å²) in [5.41, 5.74) is 0.425. The minimum Gasteiger partial charge on any atom is -0.423 e. The summed E-state index contributed by atoms with van der Waals surface area (Å²) in [5, 5.41) is 20.4. The van der Waals surface area contributed by atoms with Gasteiger partial charge in [0.25, 0.3) is 0 Å². The number of aliphatic imine (C=N–C) groups is 1. The second-order valence-corrected chi connectivity index (χ2v) is 3.40. The maximum atomic E-state index is 8.93. The van der Waals surface area contributed by atoms with Crippen molar-refractivity contribution < 1.29 is 10.0 Å². The number of nitrogens with zero attached hydrogens (tertiary/aromatic N) is 1. The molecule has 14 heavy (non-hydrogen) atoms. The van der Waals surface area contributed by atoms with Crippen molar-refractivity contribution in [2.75, 3.05) is 0 Å². The third kappa shape index (κ3) is 2.54. The van der Waals surface area contributed by atoms with Crippen LogP contribution in [0.15, 0.2) is 17.1 Å². The van der Waals surface area contributed by atoms with Crippen LogP contribution < -0.4 is 5.46 Å². The van der Waals surface area contributed by atoms with Crippen LogP contribution in [0, 0.1) is 0 Å². The van der Waals surface area contributed by atoms with Crippen LogP contribution in [-0.2, 0) is 0 Å². The molecule has 0 heterocycles. The highest BCUT2D eigenvalue weighted by atomic mass is 35.5. The molecule has 3 nitrogen and oxygen atoms in total. The Hall–Kier alpha value is -0.415. The summed E-state index contributed by atoms with van der Waals surface area (Å²) in [6, 6.07) is 2.71. The molecule has 0 bridgehead atoms. The number of hydrogen-bond acceptors (Lipinski definition) is 4. The first-order valence-corrected chi connectivity index (χ1v) is 4.65. The van der Waals surface area contributed by atoms with Crippen LogP contribution >= 0.6 is 35.4 Å². The third-order valence-electron chi connectivity index (χ3n) is 1.51. The molecule has 72 valence electrons. The quantitative estimate of drug-likeness (QED) is 0.472. The van der Waals surface area contributed by atoms with E-state index in [0.29, 0.717) is 5.69 Å². The number of benzene rings is 1. The molecule has 1 aromatic carbocycles. The summed E-state index contributed by atoms with van der Waals surface area (Å²) in [5.74, 6) is 0. The zero-order valence-electron chi connectivity index (χ0n) is 6.74. The molecule has 0 aliphatic carbocycles. The van der Waals surface area contributed by atoms with E-state index < -0.39 is 7.12 Å². The molecule has 1 aromatic rings. The molecule has 0 atom stereocenters. The van der Waals surface area contributed by atoms with E-state index in [-0.39, 0.29) is 15.5 Å². The lowest BCUT2D eigenvalue weighted by Gasteiger charge is -2.04. The number of rotatable bonds is 2. The number of thiocarbonyl (C=S) groups is 1. The fourth-order valence-electron chi connectivity index (χ4n) is 0.886. The normalized spacial score (nSPS) is 9.43. The minimum atomic E-state index is -1.67. The lowest BCUT2D eigenvalue weighted by Crippen LogP contribution is -2.30. The average Bonchev–Trinajstić information content (AvgIpc) is 2.09. The van der Waals surface area contributed by atoms with E-state index >= 15 is 0 Å². The molecule has 0 aromatic heterocycles. The predicted molar refractivity (Wildman–Crippen MR) is 61.0 cm³/mol. The van der Waals surface area contributed by atoms with Gasteiger partial charge in [-0.05, 0) is 24.4 Å². The fraction of sp³-hybridized carbons (Fsp3) is 0. The van der Waals surface area contributed by atoms with E-state index in [4.69, 9.17) is 33.2 Å². The Morgan fingerprint density at radius 2 is 1.93 bits per heavy atom. The molecule has 0 saturated heterocycles. The van der Waals surface area contributed by atoms with E-state index in [2.05, 4.69) is 22.4 Å². The third-order valence-corrected chi connectivity index (χ3v) is 2.23. The second kappa shape index (κ2) is 4.89. The highest BCUT2D eigenvalue weighted by Gasteiger charge is 2.17. The zero-order valence-corrected chi connectivity index (χ0v) is 9.07. The molecule has 0 aliphatic rings. The van der Waals surface area contributed by atoms with Crippen molar-refractivity contribution in [3.63, 3.8) is 0 Å². The Bertz CT molecular complexity index is 407. The summed E-state index contributed by atoms with van der Waals surface area (Å²) >= 11 is 15.9. The van der Waals surface area contributed by atoms with Gasteiger partial charge in [-0.15, -0.1) is 0 Å². The first-order valence-electron chi connectivity index (χ1n) is 3.49. The highest BCUT2D eigenvalue weighted by Crippen LogP contribution is 2.26. The lowest BCUT2D eigenvalue weighted by molar-refractivity contribution is 0.426. The Kier molecular flexibility index (Phi) is 4.07. The SMILES string of the molecule is OB(O)c1cc(N=C=S)c(Cl)cc1Cl. The highest BCUT2D eigenvalue weighted by molar-refractivity contribution is 7.78. The van der Waals surface area contributed by atoms with Crippen LogP contribution in [0.3, 0.4) is 0 Å². The summed E-state index contributed by atoms with van der Waals surface area (Å²) in [6.45, 7) is 0. The summed E-state index contributed by atoms with van der Waals surface area (Å²) in [4.78, 5) is 3.64. The molecule has 0 spiro atoms. The standard InChI is InChI=1S/C7H4BCl2NO2S/c9-5-2-6(10)7(11-3-14)1-4(5)8(12)13/h1-2,12-13H. The maximum Gasteiger partial charge on any atom is 0.490 e. The van der Waals surface area contributed by atoms with Crippen LogP contribution in [0.4, 0.5) is 5.69 Å². The molecule has 7 heteroatoms. The topological polar surface area (TPSA) is 52.8 Å². The molecule has 0 unspecified atom stereocenters. The summed E-state index contributed by atoms with van der Waals surface area (Å²) < 4.78 is 0. The second-order valence-electron chi connectivity index (χ2n) is 2.40. The van der Waals surface area contributed by atoms with E-state index in [9.17, 15) is 0 Å². The summed E-state index contributed by atoms with van der Waals surface area (Å²) in [6.07, 6.45) is 0. The van der Waals surface area contributed by atoms with E-state index in [1.807, 2.05) is 0 Å². The fourth-order valence-corrected chi connectivity index (χ4v) is 1.51. The van der Waals surface area contributed by atoms with Gasteiger partial charge in [0.15, 0.2) is 0 Å². The van der Waals surface area contributed by atoms with Crippen molar-refractivity contribution in [1.82, 2.24) is 0 Å². The van der Waals surface area contributed by atoms with Crippen LogP contribution in [0.1, 0.15) is 0 Å². The van der Waals surface area contributed by atoms with Crippen molar-refractivity contribution in [3.05, 3.63) is 22.2 Å². The van der Waals surface area contributed by atoms with Gasteiger partial charge in [0.05, 0.1) is 15.9 Å². The van der Waals surface area contributed by atoms with Crippen LogP contribution in [0.2, 0.25) is 10.0 Å². The summed E-state index contributed by atoms with van der Waals surface area (Å²) in [7, 11) is -1.67. The van der Waals surface area contributed by atoms with Crippen molar-refractivity contribution in [1.29, 1.82) is 0 Å². The van der Waals surface area contributed by atoms with Gasteiger partial charge < -0.3 is 10.0 Å². The van der Waals surface area contributed by atoms with Gasteiger partial charge in [0.1, 0.15) is 0 Å². The minimum absolute atomic E-state index is 0.125. The molecule has 0 aliphatic heterocycles. The molecule has 1 rings (SSSR count). The monoisotopic (exact) mass is 247 g/mol. The lowest BCUT2D eigenvalue weighted by atomic mass is 9.80. The Labute approximate surface area is 96.1 Å². The van der Waals surface area contributed by atoms with E-state index in [1.165, 1.54) is 12.1 Å². The van der Waals surface area contributed by atoms with Gasteiger partial charge in [0, 0.05) is 10.5 Å². The largest absolute Gasteiger partial charge is 0.490 e. The molecule has 0 fully saturated rings. The Balaban J connectivity index is 3.34. The van der Waals surface area contributed by atoms with Crippen molar-refractivity contribution >= 4 is 58.8 Å². The van der Waals surface area contributed by atoms with Crippen molar-refractivity contribution in [2.24, 2.45) is 4.99 Å². The van der Waals surface area contributed by atoms with Crippen LogP contribution in [0.5, 0.6) is 0 Å². The number of hydrogen-bond donors (Lipinski definition) is 2. The van der Waals surface area contributed by atoms with Gasteiger partial charge in [-0.25, -0.2) is 0 Å². The first-order chi connectivity index (χ1) is 6.56. The Morgan fingerprint density at radius 3 is 2.43 bits per heavy atom. The average molecular weight is 248 g/mol. The van der Waals surface area contributed by atoms with Gasteiger partial charge in [0.2, 0.25) is 0 Å². The van der Waals surface area contributed by atoms with E-state index in [0.717, 1.165) is 0 Å². The predicted octanol–water partition coefficient (Wildman–Crippen LogP) is 1.41. The van der Waals surface area contributed by atoms with Gasteiger partial charge in [-0.3, -0.25) is 0 Å². The number of isothiocyanates is 1. The molecular formula is C7H4BCl2NO2S. The molecule has 2 N–H and O–H groups in total. The van der Waals surface area contributed by atoms with Crippen molar-refractivity contribution in [3.8, 4) is 0 Å². The van der Waals surface area contributed by atoms with Crippen LogP contribution in [0.25, 0.3) is 0 Å². The van der Waals surface area contributed by atoms with Gasteiger partial charge >= 0.3 is 7.12 Å². The molecule has 0 saturated carbocycles. The molecular weight excluding hydrogens is 244 g/mol. The smallest absolute Gasteiger partial charge is 0.423 e. The Morgan fingerprint density at radius 1 is 1.29 bits per heavy atom. The van der Waals surface area contributed by atoms with Gasteiger partial charge in [-0.2, -0.15) is 4.99 Å². The van der Waals surface area contributed by atoms with Crippen molar-refractivity contribution in [2.45, 2.75) is 0 Å². The zero-order chi connectivity index (χ0) is 10.7. The van der Waals surface area contributed by atoms with E-state index in [1.54, 1.807) is 0 Å². The molecule has 0 radical (unpaired) electrons. The van der Waals surface area contributed by atoms with Gasteiger partial charge in [-0.1, -0.05) is 23.2 Å². The number of halogens is 2. The molecule has 0 amide bonds. The van der Waals surface area contributed by atoms with Crippen LogP contribution in [-0.4, -0.2) is 22.3 Å².